The van der Waals surface area contributed by atoms with E-state index in [4.69, 9.17) is 27.9 Å². The van der Waals surface area contributed by atoms with Gasteiger partial charge in [-0.2, -0.15) is 0 Å². The van der Waals surface area contributed by atoms with Crippen LogP contribution in [0.25, 0.3) is 0 Å². The third-order valence-electron chi connectivity index (χ3n) is 4.28. The van der Waals surface area contributed by atoms with Crippen LogP contribution in [0.2, 0.25) is 0 Å². The third-order valence-corrected chi connectivity index (χ3v) is 5.25. The Balaban J connectivity index is 2.35. The van der Waals surface area contributed by atoms with Gasteiger partial charge in [0.25, 0.3) is 0 Å². The summed E-state index contributed by atoms with van der Waals surface area (Å²) < 4.78 is 6.09. The maximum Gasteiger partial charge on any atom is 0.312 e. The van der Waals surface area contributed by atoms with Gasteiger partial charge in [-0.15, -0.1) is 0 Å². The Kier molecular flexibility index (Phi) is 6.96. The lowest BCUT2D eigenvalue weighted by Crippen LogP contribution is -2.48. The summed E-state index contributed by atoms with van der Waals surface area (Å²) >= 11 is 13.7. The second kappa shape index (κ2) is 8.36. The smallest absolute Gasteiger partial charge is 0.312 e. The molecule has 24 heavy (non-hydrogen) atoms. The van der Waals surface area contributed by atoms with E-state index in [0.717, 1.165) is 3.57 Å². The van der Waals surface area contributed by atoms with Crippen molar-refractivity contribution in [2.24, 2.45) is 11.8 Å². The van der Waals surface area contributed by atoms with E-state index in [1.54, 1.807) is 6.92 Å². The van der Waals surface area contributed by atoms with E-state index in [2.05, 4.69) is 22.6 Å². The fraction of sp³-hybridized carbons (Fsp3) is 0.471. The molecule has 1 aliphatic rings. The van der Waals surface area contributed by atoms with Crippen molar-refractivity contribution in [3.05, 3.63) is 44.0 Å². The molecule has 4 unspecified atom stereocenters. The first-order valence-electron chi connectivity index (χ1n) is 7.63. The van der Waals surface area contributed by atoms with Crippen LogP contribution in [0.15, 0.2) is 34.8 Å². The SMILES string of the molecule is CCOC(=O)C1C(O)CC(O)(c2ccc(I)cc2)CC1C=C(Cl)Cl. The van der Waals surface area contributed by atoms with Crippen molar-refractivity contribution in [1.82, 2.24) is 0 Å². The predicted octanol–water partition coefficient (Wildman–Crippen LogP) is 3.75. The van der Waals surface area contributed by atoms with Gasteiger partial charge < -0.3 is 14.9 Å². The van der Waals surface area contributed by atoms with Crippen LogP contribution in [0.1, 0.15) is 25.3 Å². The standard InChI is InChI=1S/C17H19Cl2IO4/c1-2-24-16(22)15-10(7-14(18)19)8-17(23,9-13(15)21)11-3-5-12(20)6-4-11/h3-7,10,13,15,21,23H,2,8-9H2,1H3. The lowest BCUT2D eigenvalue weighted by Gasteiger charge is -2.42. The molecule has 1 aromatic carbocycles. The predicted molar refractivity (Wildman–Crippen MR) is 102 cm³/mol. The molecule has 0 heterocycles. The van der Waals surface area contributed by atoms with Crippen molar-refractivity contribution >= 4 is 51.8 Å². The van der Waals surface area contributed by atoms with E-state index in [-0.39, 0.29) is 23.9 Å². The molecule has 4 atom stereocenters. The molecule has 132 valence electrons. The minimum atomic E-state index is -1.27. The Hall–Kier alpha value is -0.340. The number of halogens is 3. The van der Waals surface area contributed by atoms with E-state index < -0.39 is 29.5 Å². The first-order chi connectivity index (χ1) is 11.3. The van der Waals surface area contributed by atoms with Gasteiger partial charge in [0.2, 0.25) is 0 Å². The van der Waals surface area contributed by atoms with Crippen molar-refractivity contribution < 1.29 is 19.7 Å². The van der Waals surface area contributed by atoms with Crippen molar-refractivity contribution in [2.75, 3.05) is 6.61 Å². The van der Waals surface area contributed by atoms with Gasteiger partial charge in [-0.3, -0.25) is 4.79 Å². The van der Waals surface area contributed by atoms with Gasteiger partial charge in [-0.05, 0) is 59.5 Å². The van der Waals surface area contributed by atoms with Crippen LogP contribution in [-0.4, -0.2) is 28.9 Å². The highest BCUT2D eigenvalue weighted by Crippen LogP contribution is 2.44. The lowest BCUT2D eigenvalue weighted by molar-refractivity contribution is -0.163. The van der Waals surface area contributed by atoms with Crippen LogP contribution in [0.3, 0.4) is 0 Å². The molecule has 0 amide bonds. The molecule has 1 aromatic rings. The average Bonchev–Trinajstić information content (AvgIpc) is 2.46. The molecule has 2 N–H and O–H groups in total. The van der Waals surface area contributed by atoms with Gasteiger partial charge in [-0.25, -0.2) is 0 Å². The summed E-state index contributed by atoms with van der Waals surface area (Å²) in [5.74, 6) is -1.84. The number of hydrogen-bond acceptors (Lipinski definition) is 4. The fourth-order valence-electron chi connectivity index (χ4n) is 3.25. The normalized spacial score (nSPS) is 29.8. The Labute approximate surface area is 164 Å². The summed E-state index contributed by atoms with van der Waals surface area (Å²) in [7, 11) is 0. The molecular formula is C17H19Cl2IO4. The summed E-state index contributed by atoms with van der Waals surface area (Å²) in [6.45, 7) is 1.92. The van der Waals surface area contributed by atoms with Gasteiger partial charge in [0.05, 0.1) is 24.2 Å². The van der Waals surface area contributed by atoms with E-state index in [1.807, 2.05) is 24.3 Å². The molecule has 2 rings (SSSR count). The number of hydrogen-bond donors (Lipinski definition) is 2. The minimum Gasteiger partial charge on any atom is -0.466 e. The van der Waals surface area contributed by atoms with E-state index in [0.29, 0.717) is 5.56 Å². The monoisotopic (exact) mass is 484 g/mol. The number of benzene rings is 1. The van der Waals surface area contributed by atoms with Gasteiger partial charge in [0.1, 0.15) is 4.49 Å². The molecule has 0 bridgehead atoms. The number of carbonyl (C=O) groups excluding carboxylic acids is 1. The molecular weight excluding hydrogens is 466 g/mol. The number of aliphatic hydroxyl groups is 2. The Bertz CT molecular complexity index is 616. The third kappa shape index (κ3) is 4.64. The summed E-state index contributed by atoms with van der Waals surface area (Å²) in [5, 5.41) is 21.6. The molecule has 7 heteroatoms. The highest BCUT2D eigenvalue weighted by Gasteiger charge is 2.48. The zero-order chi connectivity index (χ0) is 17.9. The highest BCUT2D eigenvalue weighted by atomic mass is 127. The van der Waals surface area contributed by atoms with Gasteiger partial charge in [0, 0.05) is 9.99 Å². The second-order valence-electron chi connectivity index (χ2n) is 5.91. The molecule has 0 aliphatic heterocycles. The fourth-order valence-corrected chi connectivity index (χ4v) is 3.93. The van der Waals surface area contributed by atoms with E-state index >= 15 is 0 Å². The second-order valence-corrected chi connectivity index (χ2v) is 8.17. The summed E-state index contributed by atoms with van der Waals surface area (Å²) in [5.41, 5.74) is -0.578. The molecule has 1 fully saturated rings. The van der Waals surface area contributed by atoms with Gasteiger partial charge in [-0.1, -0.05) is 41.4 Å². The first-order valence-corrected chi connectivity index (χ1v) is 9.46. The van der Waals surface area contributed by atoms with Crippen molar-refractivity contribution in [3.8, 4) is 0 Å². The van der Waals surface area contributed by atoms with Crippen LogP contribution in [0.4, 0.5) is 0 Å². The molecule has 0 aromatic heterocycles. The molecule has 1 aliphatic carbocycles. The summed E-state index contributed by atoms with van der Waals surface area (Å²) in [6.07, 6.45) is 0.694. The van der Waals surface area contributed by atoms with Crippen molar-refractivity contribution in [1.29, 1.82) is 0 Å². The van der Waals surface area contributed by atoms with E-state index in [1.165, 1.54) is 6.08 Å². The lowest BCUT2D eigenvalue weighted by atomic mass is 9.67. The molecule has 1 saturated carbocycles. The number of carbonyl (C=O) groups is 1. The highest BCUT2D eigenvalue weighted by molar-refractivity contribution is 14.1. The number of aliphatic hydroxyl groups excluding tert-OH is 1. The summed E-state index contributed by atoms with van der Waals surface area (Å²) in [6, 6.07) is 7.42. The van der Waals surface area contributed by atoms with E-state index in [9.17, 15) is 15.0 Å². The minimum absolute atomic E-state index is 0.00615. The average molecular weight is 485 g/mol. The Morgan fingerprint density at radius 2 is 2.00 bits per heavy atom. The van der Waals surface area contributed by atoms with Crippen LogP contribution in [0.5, 0.6) is 0 Å². The maximum atomic E-state index is 12.2. The molecule has 0 saturated heterocycles. The van der Waals surface area contributed by atoms with Gasteiger partial charge >= 0.3 is 5.97 Å². The Morgan fingerprint density at radius 1 is 1.38 bits per heavy atom. The maximum absolute atomic E-state index is 12.2. The van der Waals surface area contributed by atoms with Gasteiger partial charge in [0.15, 0.2) is 0 Å². The molecule has 0 radical (unpaired) electrons. The van der Waals surface area contributed by atoms with Crippen molar-refractivity contribution in [3.63, 3.8) is 0 Å². The Morgan fingerprint density at radius 3 is 2.54 bits per heavy atom. The number of ether oxygens (including phenoxy) is 1. The first kappa shape index (κ1) is 20.0. The number of allylic oxidation sites excluding steroid dienone is 1. The molecule has 4 nitrogen and oxygen atoms in total. The largest absolute Gasteiger partial charge is 0.466 e. The zero-order valence-electron chi connectivity index (χ0n) is 13.1. The quantitative estimate of drug-likeness (QED) is 0.504. The van der Waals surface area contributed by atoms with Crippen LogP contribution in [-0.2, 0) is 15.1 Å². The number of rotatable bonds is 4. The number of esters is 1. The zero-order valence-corrected chi connectivity index (χ0v) is 16.8. The topological polar surface area (TPSA) is 66.8 Å². The van der Waals surface area contributed by atoms with Crippen LogP contribution < -0.4 is 0 Å². The van der Waals surface area contributed by atoms with Crippen LogP contribution >= 0.6 is 45.8 Å². The molecule has 0 spiro atoms. The summed E-state index contributed by atoms with van der Waals surface area (Å²) in [4.78, 5) is 12.2. The van der Waals surface area contributed by atoms with Crippen molar-refractivity contribution in [2.45, 2.75) is 31.5 Å². The van der Waals surface area contributed by atoms with Crippen LogP contribution in [0, 0.1) is 15.4 Å².